The number of benzene rings is 1. The topological polar surface area (TPSA) is 102 Å². The molecule has 1 atom stereocenters. The molecule has 4 heterocycles. The Labute approximate surface area is 179 Å². The molecule has 3 N–H and O–H groups in total. The molecule has 0 radical (unpaired) electrons. The number of hydrogen-bond donors (Lipinski definition) is 2. The lowest BCUT2D eigenvalue weighted by molar-refractivity contribution is -0.129. The van der Waals surface area contributed by atoms with Crippen LogP contribution in [0.5, 0.6) is 0 Å². The molecule has 1 fully saturated rings. The van der Waals surface area contributed by atoms with Crippen molar-refractivity contribution in [3.8, 4) is 11.3 Å². The third-order valence-electron chi connectivity index (χ3n) is 5.76. The van der Waals surface area contributed by atoms with Crippen LogP contribution in [0.1, 0.15) is 18.0 Å². The Morgan fingerprint density at radius 2 is 2.03 bits per heavy atom. The van der Waals surface area contributed by atoms with E-state index in [1.165, 1.54) is 0 Å². The molecule has 1 aliphatic rings. The van der Waals surface area contributed by atoms with Crippen molar-refractivity contribution >= 4 is 34.0 Å². The first kappa shape index (κ1) is 19.0. The Hall–Kier alpha value is -3.94. The largest absolute Gasteiger partial charge is 0.383 e. The second kappa shape index (κ2) is 7.39. The van der Waals surface area contributed by atoms with Gasteiger partial charge in [0.1, 0.15) is 17.7 Å². The van der Waals surface area contributed by atoms with Gasteiger partial charge < -0.3 is 16.0 Å². The average Bonchev–Trinajstić information content (AvgIpc) is 3.34. The summed E-state index contributed by atoms with van der Waals surface area (Å²) in [5.74, 6) is 1.21. The van der Waals surface area contributed by atoms with Gasteiger partial charge >= 0.3 is 0 Å². The number of hydrogen-bond acceptors (Lipinski definition) is 6. The van der Waals surface area contributed by atoms with Crippen LogP contribution in [-0.4, -0.2) is 44.1 Å². The van der Waals surface area contributed by atoms with E-state index in [2.05, 4.69) is 33.4 Å². The molecule has 1 amide bonds. The summed E-state index contributed by atoms with van der Waals surface area (Å²) in [7, 11) is 1.82. The molecule has 0 bridgehead atoms. The predicted octanol–water partition coefficient (Wildman–Crippen LogP) is 3.53. The standard InChI is InChI=1S/C23H23N7O/c1-14-5-3-4-6-17(14)19-9-15-10-21(25-12-18(15)22(24)28-19)27-16-11-26-30(13-16)20-7-8-29(2)23(20)31/h3-6,9-13,20H,7-8H2,1-2H3,(H2,24,28)(H,25,27)/t20-/m1/s1. The minimum atomic E-state index is -0.243. The van der Waals surface area contributed by atoms with Crippen LogP contribution < -0.4 is 11.1 Å². The van der Waals surface area contributed by atoms with Crippen LogP contribution >= 0.6 is 0 Å². The van der Waals surface area contributed by atoms with Crippen molar-refractivity contribution in [1.29, 1.82) is 0 Å². The van der Waals surface area contributed by atoms with Crippen molar-refractivity contribution in [3.05, 3.63) is 60.6 Å². The normalized spacial score (nSPS) is 16.3. The van der Waals surface area contributed by atoms with E-state index >= 15 is 0 Å². The van der Waals surface area contributed by atoms with Crippen molar-refractivity contribution in [2.75, 3.05) is 24.6 Å². The molecule has 0 unspecified atom stereocenters. The van der Waals surface area contributed by atoms with E-state index in [0.717, 1.165) is 46.2 Å². The Balaban J connectivity index is 1.45. The molecule has 8 nitrogen and oxygen atoms in total. The number of nitrogens with zero attached hydrogens (tertiary/aromatic N) is 5. The quantitative estimate of drug-likeness (QED) is 0.531. The second-order valence-electron chi connectivity index (χ2n) is 7.90. The lowest BCUT2D eigenvalue weighted by Gasteiger charge is -2.11. The van der Waals surface area contributed by atoms with Crippen LogP contribution in [0.2, 0.25) is 0 Å². The lowest BCUT2D eigenvalue weighted by atomic mass is 10.0. The summed E-state index contributed by atoms with van der Waals surface area (Å²) in [5.41, 5.74) is 10.0. The summed E-state index contributed by atoms with van der Waals surface area (Å²) in [6.45, 7) is 2.80. The third kappa shape index (κ3) is 3.46. The number of pyridine rings is 2. The molecule has 1 aromatic carbocycles. The molecule has 1 aliphatic heterocycles. The molecule has 5 rings (SSSR count). The van der Waals surface area contributed by atoms with Crippen molar-refractivity contribution in [2.45, 2.75) is 19.4 Å². The maximum atomic E-state index is 12.2. The first-order chi connectivity index (χ1) is 15.0. The summed E-state index contributed by atoms with van der Waals surface area (Å²) < 4.78 is 1.72. The molecule has 156 valence electrons. The number of likely N-dealkylation sites (N-methyl/N-ethyl adjacent to an activating group) is 1. The Kier molecular flexibility index (Phi) is 4.54. The summed E-state index contributed by atoms with van der Waals surface area (Å²) in [6, 6.07) is 11.8. The number of carbonyl (C=O) groups is 1. The fourth-order valence-corrected chi connectivity index (χ4v) is 4.01. The van der Waals surface area contributed by atoms with Gasteiger partial charge in [-0.15, -0.1) is 0 Å². The van der Waals surface area contributed by atoms with Crippen LogP contribution in [-0.2, 0) is 4.79 Å². The molecular weight excluding hydrogens is 390 g/mol. The van der Waals surface area contributed by atoms with E-state index in [9.17, 15) is 4.79 Å². The summed E-state index contributed by atoms with van der Waals surface area (Å²) >= 11 is 0. The Morgan fingerprint density at radius 1 is 1.19 bits per heavy atom. The predicted molar refractivity (Wildman–Crippen MR) is 121 cm³/mol. The van der Waals surface area contributed by atoms with Gasteiger partial charge in [-0.3, -0.25) is 9.48 Å². The summed E-state index contributed by atoms with van der Waals surface area (Å²) in [6.07, 6.45) is 6.03. The fourth-order valence-electron chi connectivity index (χ4n) is 4.01. The van der Waals surface area contributed by atoms with E-state index in [-0.39, 0.29) is 11.9 Å². The van der Waals surface area contributed by atoms with E-state index in [4.69, 9.17) is 5.73 Å². The molecule has 8 heteroatoms. The minimum absolute atomic E-state index is 0.0881. The number of nitrogen functional groups attached to an aromatic ring is 1. The van der Waals surface area contributed by atoms with Gasteiger partial charge in [-0.25, -0.2) is 9.97 Å². The van der Waals surface area contributed by atoms with Crippen LogP contribution in [0, 0.1) is 6.92 Å². The monoisotopic (exact) mass is 413 g/mol. The number of nitrogens with one attached hydrogen (secondary N) is 1. The first-order valence-electron chi connectivity index (χ1n) is 10.2. The molecule has 4 aromatic rings. The maximum absolute atomic E-state index is 12.2. The van der Waals surface area contributed by atoms with E-state index in [1.807, 2.05) is 43.6 Å². The molecular formula is C23H23N7O. The number of nitrogens with two attached hydrogens (primary N) is 1. The van der Waals surface area contributed by atoms with Crippen molar-refractivity contribution in [1.82, 2.24) is 24.6 Å². The number of carbonyl (C=O) groups excluding carboxylic acids is 1. The van der Waals surface area contributed by atoms with Gasteiger partial charge in [-0.05, 0) is 36.4 Å². The van der Waals surface area contributed by atoms with Crippen molar-refractivity contribution in [3.63, 3.8) is 0 Å². The molecule has 1 saturated heterocycles. The van der Waals surface area contributed by atoms with Gasteiger partial charge in [0, 0.05) is 36.9 Å². The van der Waals surface area contributed by atoms with Gasteiger partial charge in [0.05, 0.1) is 17.6 Å². The summed E-state index contributed by atoms with van der Waals surface area (Å²) in [5, 5.41) is 9.39. The number of amides is 1. The lowest BCUT2D eigenvalue weighted by Crippen LogP contribution is -2.24. The second-order valence-corrected chi connectivity index (χ2v) is 7.90. The Morgan fingerprint density at radius 3 is 2.81 bits per heavy atom. The number of anilines is 3. The molecule has 0 saturated carbocycles. The minimum Gasteiger partial charge on any atom is -0.383 e. The number of likely N-dealkylation sites (tertiary alicyclic amines) is 1. The molecule has 3 aromatic heterocycles. The van der Waals surface area contributed by atoms with Gasteiger partial charge in [0.2, 0.25) is 5.91 Å². The highest BCUT2D eigenvalue weighted by Crippen LogP contribution is 2.30. The zero-order chi connectivity index (χ0) is 21.5. The first-order valence-corrected chi connectivity index (χ1v) is 10.2. The summed E-state index contributed by atoms with van der Waals surface area (Å²) in [4.78, 5) is 23.0. The zero-order valence-corrected chi connectivity index (χ0v) is 17.4. The van der Waals surface area contributed by atoms with Crippen LogP contribution in [0.3, 0.4) is 0 Å². The van der Waals surface area contributed by atoms with Gasteiger partial charge in [0.25, 0.3) is 0 Å². The molecule has 31 heavy (non-hydrogen) atoms. The highest BCUT2D eigenvalue weighted by atomic mass is 16.2. The van der Waals surface area contributed by atoms with Crippen molar-refractivity contribution in [2.24, 2.45) is 0 Å². The highest BCUT2D eigenvalue weighted by Gasteiger charge is 2.31. The smallest absolute Gasteiger partial charge is 0.247 e. The number of rotatable bonds is 4. The van der Waals surface area contributed by atoms with Crippen LogP contribution in [0.25, 0.3) is 22.0 Å². The van der Waals surface area contributed by atoms with Gasteiger partial charge in [0.15, 0.2) is 0 Å². The number of fused-ring (bicyclic) bond motifs is 1. The Bertz CT molecular complexity index is 1300. The highest BCUT2D eigenvalue weighted by molar-refractivity contribution is 5.94. The van der Waals surface area contributed by atoms with Gasteiger partial charge in [-0.1, -0.05) is 24.3 Å². The third-order valence-corrected chi connectivity index (χ3v) is 5.76. The zero-order valence-electron chi connectivity index (χ0n) is 17.4. The van der Waals surface area contributed by atoms with Crippen LogP contribution in [0.15, 0.2) is 55.0 Å². The van der Waals surface area contributed by atoms with E-state index in [0.29, 0.717) is 11.6 Å². The SMILES string of the molecule is Cc1ccccc1-c1cc2cc(Nc3cnn([C@@H]4CCN(C)C4=O)c3)ncc2c(N)n1. The average molecular weight is 413 g/mol. The van der Waals surface area contributed by atoms with E-state index in [1.54, 1.807) is 22.0 Å². The number of aromatic nitrogens is 4. The van der Waals surface area contributed by atoms with Crippen molar-refractivity contribution < 1.29 is 4.79 Å². The number of aryl methyl sites for hydroxylation is 1. The fraction of sp³-hybridized carbons (Fsp3) is 0.217. The van der Waals surface area contributed by atoms with E-state index < -0.39 is 0 Å². The van der Waals surface area contributed by atoms with Crippen LogP contribution in [0.4, 0.5) is 17.3 Å². The molecule has 0 spiro atoms. The molecule has 0 aliphatic carbocycles. The van der Waals surface area contributed by atoms with Gasteiger partial charge in [-0.2, -0.15) is 5.10 Å². The maximum Gasteiger partial charge on any atom is 0.247 e.